The number of piperidine rings is 1. The summed E-state index contributed by atoms with van der Waals surface area (Å²) in [6.07, 6.45) is 20.5. The molecule has 0 bridgehead atoms. The lowest BCUT2D eigenvalue weighted by molar-refractivity contribution is -0.931. The van der Waals surface area contributed by atoms with E-state index in [4.69, 9.17) is 0 Å². The van der Waals surface area contributed by atoms with Crippen LogP contribution in [-0.2, 0) is 0 Å². The Balaban J connectivity index is 0.00000400. The van der Waals surface area contributed by atoms with Gasteiger partial charge in [-0.3, -0.25) is 0 Å². The third-order valence-electron chi connectivity index (χ3n) is 5.12. The molecule has 0 radical (unpaired) electrons. The van der Waals surface area contributed by atoms with E-state index in [0.717, 1.165) is 6.04 Å². The van der Waals surface area contributed by atoms with Gasteiger partial charge in [0.05, 0.1) is 19.1 Å². The Labute approximate surface area is 133 Å². The SMILES string of the molecule is CCCCCCCCCCC[NH+]1CCCCC1CCC.[F-]. The van der Waals surface area contributed by atoms with E-state index in [2.05, 4.69) is 13.8 Å². The van der Waals surface area contributed by atoms with Crippen LogP contribution >= 0.6 is 0 Å². The molecule has 128 valence electrons. The van der Waals surface area contributed by atoms with E-state index in [1.54, 1.807) is 0 Å². The monoisotopic (exact) mass is 301 g/mol. The molecule has 0 aromatic heterocycles. The smallest absolute Gasteiger partial charge is 0.0874 e. The van der Waals surface area contributed by atoms with Crippen molar-refractivity contribution in [3.8, 4) is 0 Å². The van der Waals surface area contributed by atoms with Gasteiger partial charge < -0.3 is 9.60 Å². The highest BCUT2D eigenvalue weighted by molar-refractivity contribution is 4.61. The van der Waals surface area contributed by atoms with Crippen molar-refractivity contribution in [2.75, 3.05) is 13.1 Å². The summed E-state index contributed by atoms with van der Waals surface area (Å²) < 4.78 is 0. The average Bonchev–Trinajstić information content (AvgIpc) is 2.47. The summed E-state index contributed by atoms with van der Waals surface area (Å²) in [7, 11) is 0. The molecule has 0 amide bonds. The van der Waals surface area contributed by atoms with Crippen molar-refractivity contribution < 1.29 is 9.60 Å². The van der Waals surface area contributed by atoms with Crippen molar-refractivity contribution in [1.29, 1.82) is 0 Å². The van der Waals surface area contributed by atoms with Crippen LogP contribution in [0.2, 0.25) is 0 Å². The predicted octanol–water partition coefficient (Wildman–Crippen LogP) is 1.76. The number of halogens is 1. The summed E-state index contributed by atoms with van der Waals surface area (Å²) in [5.74, 6) is 0. The Hall–Kier alpha value is -0.110. The van der Waals surface area contributed by atoms with Crippen molar-refractivity contribution in [3.63, 3.8) is 0 Å². The number of unbranched alkanes of at least 4 members (excludes halogenated alkanes) is 8. The Bertz CT molecular complexity index is 206. The van der Waals surface area contributed by atoms with E-state index >= 15 is 0 Å². The maximum atomic E-state index is 2.35. The van der Waals surface area contributed by atoms with Crippen molar-refractivity contribution in [1.82, 2.24) is 0 Å². The lowest BCUT2D eigenvalue weighted by Gasteiger charge is -2.32. The van der Waals surface area contributed by atoms with E-state index in [-0.39, 0.29) is 4.70 Å². The van der Waals surface area contributed by atoms with Gasteiger partial charge in [-0.1, -0.05) is 65.2 Å². The Morgan fingerprint density at radius 2 is 1.38 bits per heavy atom. The zero-order valence-corrected chi connectivity index (χ0v) is 14.8. The molecule has 1 saturated heterocycles. The molecule has 0 aromatic rings. The summed E-state index contributed by atoms with van der Waals surface area (Å²) in [6, 6.07) is 1.00. The zero-order valence-electron chi connectivity index (χ0n) is 14.8. The molecule has 1 aliphatic heterocycles. The first kappa shape index (κ1) is 20.9. The quantitative estimate of drug-likeness (QED) is 0.524. The van der Waals surface area contributed by atoms with Crippen LogP contribution in [0.1, 0.15) is 104 Å². The van der Waals surface area contributed by atoms with Crippen molar-refractivity contribution in [2.45, 2.75) is 110 Å². The molecule has 0 aromatic carbocycles. The topological polar surface area (TPSA) is 4.44 Å². The molecule has 2 heteroatoms. The maximum absolute atomic E-state index is 2.35. The van der Waals surface area contributed by atoms with E-state index < -0.39 is 0 Å². The van der Waals surface area contributed by atoms with Gasteiger partial charge in [-0.2, -0.15) is 0 Å². The van der Waals surface area contributed by atoms with E-state index in [0.29, 0.717) is 0 Å². The molecule has 1 heterocycles. The van der Waals surface area contributed by atoms with Gasteiger partial charge in [0.15, 0.2) is 0 Å². The van der Waals surface area contributed by atoms with Crippen LogP contribution in [0.4, 0.5) is 0 Å². The molecule has 1 nitrogen and oxygen atoms in total. The lowest BCUT2D eigenvalue weighted by atomic mass is 9.97. The molecule has 1 rings (SSSR count). The van der Waals surface area contributed by atoms with Crippen LogP contribution < -0.4 is 9.60 Å². The van der Waals surface area contributed by atoms with E-state index in [9.17, 15) is 0 Å². The first-order valence-corrected chi connectivity index (χ1v) is 9.73. The second-order valence-corrected chi connectivity index (χ2v) is 6.97. The third kappa shape index (κ3) is 10.3. The molecular formula is C19H40FN. The number of rotatable bonds is 12. The van der Waals surface area contributed by atoms with Gasteiger partial charge in [0, 0.05) is 0 Å². The number of quaternary nitrogens is 1. The highest BCUT2D eigenvalue weighted by Crippen LogP contribution is 2.10. The van der Waals surface area contributed by atoms with Gasteiger partial charge in [0.25, 0.3) is 0 Å². The fourth-order valence-corrected chi connectivity index (χ4v) is 3.84. The number of nitrogens with one attached hydrogen (secondary N) is 1. The van der Waals surface area contributed by atoms with Crippen molar-refractivity contribution in [2.24, 2.45) is 0 Å². The van der Waals surface area contributed by atoms with Crippen molar-refractivity contribution >= 4 is 0 Å². The van der Waals surface area contributed by atoms with Crippen LogP contribution in [0.3, 0.4) is 0 Å². The lowest BCUT2D eigenvalue weighted by Crippen LogP contribution is -3.16. The van der Waals surface area contributed by atoms with Crippen LogP contribution in [0.15, 0.2) is 0 Å². The summed E-state index contributed by atoms with van der Waals surface area (Å²) in [4.78, 5) is 1.95. The molecule has 0 saturated carbocycles. The average molecular weight is 302 g/mol. The number of hydrogen-bond acceptors (Lipinski definition) is 0. The summed E-state index contributed by atoms with van der Waals surface area (Å²) in [6.45, 7) is 7.57. The zero-order chi connectivity index (χ0) is 14.5. The molecular weight excluding hydrogens is 261 g/mol. The normalized spacial score (nSPS) is 22.0. The highest BCUT2D eigenvalue weighted by Gasteiger charge is 2.24. The summed E-state index contributed by atoms with van der Waals surface area (Å²) in [5.41, 5.74) is 0. The van der Waals surface area contributed by atoms with Crippen molar-refractivity contribution in [3.05, 3.63) is 0 Å². The largest absolute Gasteiger partial charge is 1.00 e. The highest BCUT2D eigenvalue weighted by atomic mass is 19.0. The van der Waals surface area contributed by atoms with Gasteiger partial charge in [-0.15, -0.1) is 0 Å². The Morgan fingerprint density at radius 3 is 2.00 bits per heavy atom. The van der Waals surface area contributed by atoms with E-state index in [1.807, 2.05) is 4.90 Å². The predicted molar refractivity (Wildman–Crippen MR) is 90.5 cm³/mol. The van der Waals surface area contributed by atoms with Gasteiger partial charge in [0.2, 0.25) is 0 Å². The molecule has 2 unspecified atom stereocenters. The standard InChI is InChI=1S/C19H39N.FH/c1-3-5-6-7-8-9-10-11-13-17-20-18-14-12-16-19(20)15-4-2;/h19H,3-18H2,1-2H3;1H. The van der Waals surface area contributed by atoms with Gasteiger partial charge >= 0.3 is 0 Å². The first-order valence-electron chi connectivity index (χ1n) is 9.73. The number of likely N-dealkylation sites (tertiary alicyclic amines) is 1. The molecule has 0 aliphatic carbocycles. The van der Waals surface area contributed by atoms with Gasteiger partial charge in [-0.05, 0) is 38.5 Å². The van der Waals surface area contributed by atoms with E-state index in [1.165, 1.54) is 103 Å². The Morgan fingerprint density at radius 1 is 0.762 bits per heavy atom. The fraction of sp³-hybridized carbons (Fsp3) is 1.00. The number of hydrogen-bond donors (Lipinski definition) is 1. The molecule has 1 aliphatic rings. The van der Waals surface area contributed by atoms with Gasteiger partial charge in [0.1, 0.15) is 0 Å². The fourth-order valence-electron chi connectivity index (χ4n) is 3.84. The second-order valence-electron chi connectivity index (χ2n) is 6.97. The summed E-state index contributed by atoms with van der Waals surface area (Å²) in [5, 5.41) is 0. The van der Waals surface area contributed by atoms with Crippen LogP contribution in [0, 0.1) is 0 Å². The molecule has 2 atom stereocenters. The first-order chi connectivity index (χ1) is 9.88. The van der Waals surface area contributed by atoms with Crippen LogP contribution in [0.25, 0.3) is 0 Å². The van der Waals surface area contributed by atoms with Crippen LogP contribution in [-0.4, -0.2) is 19.1 Å². The van der Waals surface area contributed by atoms with Gasteiger partial charge in [-0.25, -0.2) is 0 Å². The molecule has 1 fully saturated rings. The Kier molecular flexibility index (Phi) is 14.7. The molecule has 1 N–H and O–H groups in total. The second kappa shape index (κ2) is 14.8. The van der Waals surface area contributed by atoms with Crippen LogP contribution in [0.5, 0.6) is 0 Å². The minimum Gasteiger partial charge on any atom is -1.00 e. The summed E-state index contributed by atoms with van der Waals surface area (Å²) >= 11 is 0. The minimum atomic E-state index is 0. The maximum Gasteiger partial charge on any atom is 0.0874 e. The molecule has 21 heavy (non-hydrogen) atoms. The molecule has 0 spiro atoms. The third-order valence-corrected chi connectivity index (χ3v) is 5.12. The minimum absolute atomic E-state index is 0.